The van der Waals surface area contributed by atoms with Gasteiger partial charge in [-0.1, -0.05) is 35.9 Å². The molecule has 0 fully saturated rings. The van der Waals surface area contributed by atoms with Crippen LogP contribution in [0.4, 0.5) is 11.4 Å². The van der Waals surface area contributed by atoms with Gasteiger partial charge in [0.05, 0.1) is 13.7 Å². The van der Waals surface area contributed by atoms with Gasteiger partial charge in [-0.3, -0.25) is 0 Å². The smallest absolute Gasteiger partial charge is 0.178 e. The third-order valence-corrected chi connectivity index (χ3v) is 5.19. The first-order valence-corrected chi connectivity index (χ1v) is 9.53. The summed E-state index contributed by atoms with van der Waals surface area (Å²) >= 11 is 11.9. The van der Waals surface area contributed by atoms with E-state index in [-0.39, 0.29) is 5.75 Å². The molecule has 0 aliphatic heterocycles. The number of thiocarbonyl (C=S) groups is 1. The number of hydrogen-bond acceptors (Lipinski definition) is 3. The largest absolute Gasteiger partial charge is 0.508 e. The number of anilines is 2. The van der Waals surface area contributed by atoms with Crippen LogP contribution in [0, 0.1) is 6.92 Å². The molecule has 28 heavy (non-hydrogen) atoms. The second-order valence-corrected chi connectivity index (χ2v) is 7.05. The first kappa shape index (κ1) is 20.0. The van der Waals surface area contributed by atoms with Crippen molar-refractivity contribution >= 4 is 40.3 Å². The van der Waals surface area contributed by atoms with Crippen molar-refractivity contribution in [3.05, 3.63) is 82.9 Å². The molecule has 0 aliphatic rings. The predicted octanol–water partition coefficient (Wildman–Crippen LogP) is 5.77. The third-order valence-electron chi connectivity index (χ3n) is 4.46. The highest BCUT2D eigenvalue weighted by Gasteiger charge is 2.16. The van der Waals surface area contributed by atoms with Crippen LogP contribution in [0.5, 0.6) is 11.5 Å². The van der Waals surface area contributed by atoms with Gasteiger partial charge in [-0.2, -0.15) is 0 Å². The number of para-hydroxylation sites is 1. The van der Waals surface area contributed by atoms with Crippen LogP contribution in [0.2, 0.25) is 5.02 Å². The molecule has 3 rings (SSSR count). The maximum Gasteiger partial charge on any atom is 0.178 e. The van der Waals surface area contributed by atoms with Crippen molar-refractivity contribution in [1.29, 1.82) is 0 Å². The standard InChI is InChI=1S/C22H21ClN2O2S/c1-15-19(23)7-5-8-20(15)24-22(28)25(14-16-6-3-4-9-21(16)26)17-10-12-18(27-2)13-11-17/h3-13,26H,14H2,1-2H3,(H,24,28). The van der Waals surface area contributed by atoms with Crippen LogP contribution in [-0.2, 0) is 6.54 Å². The monoisotopic (exact) mass is 412 g/mol. The molecule has 3 aromatic rings. The molecule has 0 saturated carbocycles. The first-order chi connectivity index (χ1) is 13.5. The summed E-state index contributed by atoms with van der Waals surface area (Å²) in [5.74, 6) is 0.985. The van der Waals surface area contributed by atoms with Crippen molar-refractivity contribution in [2.75, 3.05) is 17.3 Å². The van der Waals surface area contributed by atoms with Crippen LogP contribution in [0.15, 0.2) is 66.7 Å². The number of halogens is 1. The third kappa shape index (κ3) is 4.55. The van der Waals surface area contributed by atoms with Crippen LogP contribution in [0.1, 0.15) is 11.1 Å². The molecule has 144 valence electrons. The molecule has 0 unspecified atom stereocenters. The van der Waals surface area contributed by atoms with Crippen LogP contribution < -0.4 is 15.0 Å². The zero-order chi connectivity index (χ0) is 20.1. The van der Waals surface area contributed by atoms with Gasteiger partial charge in [0.1, 0.15) is 11.5 Å². The van der Waals surface area contributed by atoms with Crippen LogP contribution in [0.3, 0.4) is 0 Å². The lowest BCUT2D eigenvalue weighted by atomic mass is 10.1. The van der Waals surface area contributed by atoms with Crippen molar-refractivity contribution < 1.29 is 9.84 Å². The lowest BCUT2D eigenvalue weighted by molar-refractivity contribution is 0.415. The summed E-state index contributed by atoms with van der Waals surface area (Å²) in [7, 11) is 1.63. The summed E-state index contributed by atoms with van der Waals surface area (Å²) in [4.78, 5) is 1.92. The SMILES string of the molecule is COc1ccc(N(Cc2ccccc2O)C(=S)Nc2cccc(Cl)c2C)cc1. The van der Waals surface area contributed by atoms with E-state index in [0.29, 0.717) is 16.7 Å². The molecule has 4 nitrogen and oxygen atoms in total. The van der Waals surface area contributed by atoms with Gasteiger partial charge in [0.15, 0.2) is 5.11 Å². The number of phenolic OH excluding ortho intramolecular Hbond substituents is 1. The average molecular weight is 413 g/mol. The zero-order valence-electron chi connectivity index (χ0n) is 15.6. The first-order valence-electron chi connectivity index (χ1n) is 8.74. The summed E-state index contributed by atoms with van der Waals surface area (Å²) in [6.07, 6.45) is 0. The number of aromatic hydroxyl groups is 1. The van der Waals surface area contributed by atoms with E-state index in [1.807, 2.05) is 66.4 Å². The molecule has 0 spiro atoms. The van der Waals surface area contributed by atoms with E-state index in [2.05, 4.69) is 5.32 Å². The van der Waals surface area contributed by atoms with E-state index in [4.69, 9.17) is 28.6 Å². The molecule has 0 radical (unpaired) electrons. The Morgan fingerprint density at radius 3 is 2.46 bits per heavy atom. The van der Waals surface area contributed by atoms with Crippen molar-refractivity contribution in [2.45, 2.75) is 13.5 Å². The molecular formula is C22H21ClN2O2S. The normalized spacial score (nSPS) is 10.4. The van der Waals surface area contributed by atoms with Crippen molar-refractivity contribution in [3.63, 3.8) is 0 Å². The van der Waals surface area contributed by atoms with Gasteiger partial charge in [-0.15, -0.1) is 0 Å². The number of nitrogens with one attached hydrogen (secondary N) is 1. The van der Waals surface area contributed by atoms with Gasteiger partial charge in [0.2, 0.25) is 0 Å². The van der Waals surface area contributed by atoms with E-state index >= 15 is 0 Å². The van der Waals surface area contributed by atoms with E-state index in [1.54, 1.807) is 19.2 Å². The summed E-state index contributed by atoms with van der Waals surface area (Å²) in [5, 5.41) is 14.7. The maximum absolute atomic E-state index is 10.2. The molecule has 6 heteroatoms. The van der Waals surface area contributed by atoms with Gasteiger partial charge in [-0.05, 0) is 67.2 Å². The second kappa shape index (κ2) is 8.95. The Balaban J connectivity index is 1.93. The fourth-order valence-corrected chi connectivity index (χ4v) is 3.24. The minimum atomic E-state index is 0.225. The minimum absolute atomic E-state index is 0.225. The molecule has 0 bridgehead atoms. The highest BCUT2D eigenvalue weighted by Crippen LogP contribution is 2.27. The van der Waals surface area contributed by atoms with Gasteiger partial charge < -0.3 is 20.1 Å². The van der Waals surface area contributed by atoms with Crippen LogP contribution in [0.25, 0.3) is 0 Å². The number of ether oxygens (including phenoxy) is 1. The van der Waals surface area contributed by atoms with E-state index < -0.39 is 0 Å². The summed E-state index contributed by atoms with van der Waals surface area (Å²) in [6.45, 7) is 2.35. The average Bonchev–Trinajstić information content (AvgIpc) is 2.71. The maximum atomic E-state index is 10.2. The number of methoxy groups -OCH3 is 1. The number of nitrogens with zero attached hydrogens (tertiary/aromatic N) is 1. The second-order valence-electron chi connectivity index (χ2n) is 6.26. The highest BCUT2D eigenvalue weighted by atomic mass is 35.5. The molecule has 0 saturated heterocycles. The lowest BCUT2D eigenvalue weighted by Crippen LogP contribution is -2.34. The Morgan fingerprint density at radius 1 is 1.07 bits per heavy atom. The molecular weight excluding hydrogens is 392 g/mol. The molecule has 0 aromatic heterocycles. The molecule has 0 heterocycles. The molecule has 2 N–H and O–H groups in total. The van der Waals surface area contributed by atoms with E-state index in [1.165, 1.54) is 0 Å². The van der Waals surface area contributed by atoms with Crippen molar-refractivity contribution in [3.8, 4) is 11.5 Å². The minimum Gasteiger partial charge on any atom is -0.508 e. The van der Waals surface area contributed by atoms with E-state index in [9.17, 15) is 5.11 Å². The highest BCUT2D eigenvalue weighted by molar-refractivity contribution is 7.80. The predicted molar refractivity (Wildman–Crippen MR) is 120 cm³/mol. The Hall–Kier alpha value is -2.76. The number of phenols is 1. The summed E-state index contributed by atoms with van der Waals surface area (Å²) < 4.78 is 5.25. The van der Waals surface area contributed by atoms with Gasteiger partial charge in [0, 0.05) is 22.0 Å². The van der Waals surface area contributed by atoms with Gasteiger partial charge in [-0.25, -0.2) is 0 Å². The Bertz CT molecular complexity index is 977. The molecule has 0 aliphatic carbocycles. The fraction of sp³-hybridized carbons (Fsp3) is 0.136. The lowest BCUT2D eigenvalue weighted by Gasteiger charge is -2.27. The number of benzene rings is 3. The number of rotatable bonds is 5. The summed E-state index contributed by atoms with van der Waals surface area (Å²) in [6, 6.07) is 20.5. The fourth-order valence-electron chi connectivity index (χ4n) is 2.78. The number of hydrogen-bond donors (Lipinski definition) is 2. The molecule has 0 atom stereocenters. The Labute approximate surface area is 175 Å². The van der Waals surface area contributed by atoms with E-state index in [0.717, 1.165) is 28.3 Å². The van der Waals surface area contributed by atoms with Gasteiger partial charge in [0.25, 0.3) is 0 Å². The van der Waals surface area contributed by atoms with Gasteiger partial charge >= 0.3 is 0 Å². The van der Waals surface area contributed by atoms with Crippen LogP contribution >= 0.6 is 23.8 Å². The summed E-state index contributed by atoms with van der Waals surface area (Å²) in [5.41, 5.74) is 3.41. The Kier molecular flexibility index (Phi) is 6.39. The van der Waals surface area contributed by atoms with Crippen molar-refractivity contribution in [1.82, 2.24) is 0 Å². The topological polar surface area (TPSA) is 44.7 Å². The zero-order valence-corrected chi connectivity index (χ0v) is 17.2. The Morgan fingerprint density at radius 2 is 1.79 bits per heavy atom. The van der Waals surface area contributed by atoms with Crippen LogP contribution in [-0.4, -0.2) is 17.3 Å². The van der Waals surface area contributed by atoms with Crippen molar-refractivity contribution in [2.24, 2.45) is 0 Å². The molecule has 3 aromatic carbocycles. The quantitative estimate of drug-likeness (QED) is 0.521. The molecule has 0 amide bonds.